The van der Waals surface area contributed by atoms with Crippen molar-refractivity contribution >= 4 is 5.91 Å². The van der Waals surface area contributed by atoms with E-state index in [2.05, 4.69) is 5.32 Å². The zero-order valence-corrected chi connectivity index (χ0v) is 9.86. The fraction of sp³-hybridized carbons (Fsp3) is 0.0714. The molecule has 19 heavy (non-hydrogen) atoms. The Hall–Kier alpha value is -2.43. The molecule has 2 rings (SSSR count). The maximum Gasteiger partial charge on any atom is 0.255 e. The van der Waals surface area contributed by atoms with E-state index in [-0.39, 0.29) is 17.9 Å². The summed E-state index contributed by atoms with van der Waals surface area (Å²) in [5.74, 6) is -1.95. The maximum atomic E-state index is 13.0. The summed E-state index contributed by atoms with van der Waals surface area (Å²) in [6, 6.07) is 8.85. The molecule has 0 heterocycles. The van der Waals surface area contributed by atoms with Gasteiger partial charge in [0.15, 0.2) is 0 Å². The van der Waals surface area contributed by atoms with Crippen LogP contribution in [0.1, 0.15) is 15.9 Å². The summed E-state index contributed by atoms with van der Waals surface area (Å²) in [5.41, 5.74) is 0.417. The number of phenolic OH excluding ortho intramolecular Hbond substituents is 1. The van der Waals surface area contributed by atoms with E-state index in [0.717, 1.165) is 18.2 Å². The Morgan fingerprint density at radius 3 is 2.58 bits per heavy atom. The van der Waals surface area contributed by atoms with Crippen LogP contribution in [0.5, 0.6) is 5.75 Å². The van der Waals surface area contributed by atoms with Gasteiger partial charge < -0.3 is 10.4 Å². The molecule has 2 N–H and O–H groups in total. The Morgan fingerprint density at radius 1 is 1.11 bits per heavy atom. The average molecular weight is 263 g/mol. The number of halogens is 2. The van der Waals surface area contributed by atoms with E-state index >= 15 is 0 Å². The van der Waals surface area contributed by atoms with Gasteiger partial charge in [-0.3, -0.25) is 4.79 Å². The molecule has 0 atom stereocenters. The summed E-state index contributed by atoms with van der Waals surface area (Å²) < 4.78 is 25.9. The zero-order valence-electron chi connectivity index (χ0n) is 9.86. The number of nitrogens with one attached hydrogen (secondary N) is 1. The van der Waals surface area contributed by atoms with Crippen molar-refractivity contribution in [2.24, 2.45) is 0 Å². The van der Waals surface area contributed by atoms with Crippen LogP contribution in [0, 0.1) is 11.6 Å². The highest BCUT2D eigenvalue weighted by atomic mass is 19.1. The number of carbonyl (C=O) groups is 1. The van der Waals surface area contributed by atoms with Crippen molar-refractivity contribution in [3.05, 3.63) is 65.2 Å². The summed E-state index contributed by atoms with van der Waals surface area (Å²) in [7, 11) is 0. The second kappa shape index (κ2) is 5.48. The van der Waals surface area contributed by atoms with Gasteiger partial charge >= 0.3 is 0 Å². The minimum Gasteiger partial charge on any atom is -0.507 e. The maximum absolute atomic E-state index is 13.0. The Bertz CT molecular complexity index is 614. The lowest BCUT2D eigenvalue weighted by Gasteiger charge is -2.07. The first-order chi connectivity index (χ1) is 9.06. The molecule has 0 aromatic heterocycles. The number of hydrogen-bond donors (Lipinski definition) is 2. The lowest BCUT2D eigenvalue weighted by Crippen LogP contribution is -2.23. The zero-order chi connectivity index (χ0) is 13.8. The van der Waals surface area contributed by atoms with Crippen LogP contribution in [-0.4, -0.2) is 11.0 Å². The Balaban J connectivity index is 2.07. The molecular formula is C14H11F2NO2. The molecule has 3 nitrogen and oxygen atoms in total. The van der Waals surface area contributed by atoms with Gasteiger partial charge in [-0.25, -0.2) is 8.78 Å². The molecule has 0 fully saturated rings. The fourth-order valence-corrected chi connectivity index (χ4v) is 1.61. The molecule has 0 saturated heterocycles. The summed E-state index contributed by atoms with van der Waals surface area (Å²) in [4.78, 5) is 11.7. The normalized spacial score (nSPS) is 10.2. The second-order valence-corrected chi connectivity index (χ2v) is 3.97. The number of carbonyl (C=O) groups excluding carboxylic acids is 1. The molecular weight excluding hydrogens is 252 g/mol. The monoisotopic (exact) mass is 263 g/mol. The van der Waals surface area contributed by atoms with Crippen molar-refractivity contribution in [3.63, 3.8) is 0 Å². The van der Waals surface area contributed by atoms with Crippen molar-refractivity contribution in [3.8, 4) is 5.75 Å². The molecule has 0 spiro atoms. The molecule has 98 valence electrons. The first-order valence-corrected chi connectivity index (χ1v) is 5.57. The quantitative estimate of drug-likeness (QED) is 0.894. The molecule has 1 amide bonds. The Morgan fingerprint density at radius 2 is 1.84 bits per heavy atom. The molecule has 0 bridgehead atoms. The molecule has 5 heteroatoms. The lowest BCUT2D eigenvalue weighted by atomic mass is 10.1. The van der Waals surface area contributed by atoms with Gasteiger partial charge in [0.05, 0.1) is 5.56 Å². The molecule has 0 aliphatic rings. The number of phenols is 1. The predicted octanol–water partition coefficient (Wildman–Crippen LogP) is 2.60. The first kappa shape index (κ1) is 13.0. The van der Waals surface area contributed by atoms with Crippen molar-refractivity contribution in [2.45, 2.75) is 6.54 Å². The van der Waals surface area contributed by atoms with Crippen LogP contribution >= 0.6 is 0 Å². The highest BCUT2D eigenvalue weighted by Crippen LogP contribution is 2.17. The third kappa shape index (κ3) is 3.28. The standard InChI is InChI=1S/C14H11F2NO2/c15-10-3-1-2-9(6-10)8-17-14(19)12-7-11(16)4-5-13(12)18/h1-7,18H,8H2,(H,17,19). The van der Waals surface area contributed by atoms with Gasteiger partial charge in [-0.05, 0) is 35.9 Å². The predicted molar refractivity (Wildman–Crippen MR) is 65.6 cm³/mol. The number of aromatic hydroxyl groups is 1. The third-order valence-corrected chi connectivity index (χ3v) is 2.55. The smallest absolute Gasteiger partial charge is 0.255 e. The van der Waals surface area contributed by atoms with Crippen molar-refractivity contribution in [1.29, 1.82) is 0 Å². The van der Waals surface area contributed by atoms with Gasteiger partial charge in [0, 0.05) is 6.54 Å². The van der Waals surface area contributed by atoms with Crippen molar-refractivity contribution in [1.82, 2.24) is 5.32 Å². The van der Waals surface area contributed by atoms with Crippen LogP contribution < -0.4 is 5.32 Å². The summed E-state index contributed by atoms with van der Waals surface area (Å²) >= 11 is 0. The van der Waals surface area contributed by atoms with Crippen molar-refractivity contribution in [2.75, 3.05) is 0 Å². The fourth-order valence-electron chi connectivity index (χ4n) is 1.61. The Kier molecular flexibility index (Phi) is 3.75. The van der Waals surface area contributed by atoms with Crippen LogP contribution in [0.4, 0.5) is 8.78 Å². The highest BCUT2D eigenvalue weighted by Gasteiger charge is 2.11. The van der Waals surface area contributed by atoms with E-state index in [0.29, 0.717) is 5.56 Å². The lowest BCUT2D eigenvalue weighted by molar-refractivity contribution is 0.0947. The molecule has 0 unspecified atom stereocenters. The van der Waals surface area contributed by atoms with E-state index < -0.39 is 17.5 Å². The average Bonchev–Trinajstić information content (AvgIpc) is 2.39. The van der Waals surface area contributed by atoms with Gasteiger partial charge in [0.25, 0.3) is 5.91 Å². The third-order valence-electron chi connectivity index (χ3n) is 2.55. The molecule has 2 aromatic rings. The van der Waals surface area contributed by atoms with Gasteiger partial charge in [0.1, 0.15) is 17.4 Å². The topological polar surface area (TPSA) is 49.3 Å². The van der Waals surface area contributed by atoms with Gasteiger partial charge in [-0.2, -0.15) is 0 Å². The second-order valence-electron chi connectivity index (χ2n) is 3.97. The summed E-state index contributed by atoms with van der Waals surface area (Å²) in [5, 5.41) is 11.9. The van der Waals surface area contributed by atoms with Crippen LogP contribution in [0.2, 0.25) is 0 Å². The minimum absolute atomic E-state index is 0.0898. The number of hydrogen-bond acceptors (Lipinski definition) is 2. The molecule has 0 aliphatic heterocycles. The summed E-state index contributed by atoms with van der Waals surface area (Å²) in [6.45, 7) is 0.0898. The van der Waals surface area contributed by atoms with Gasteiger partial charge in [-0.1, -0.05) is 12.1 Å². The number of amides is 1. The van der Waals surface area contributed by atoms with Crippen LogP contribution in [0.25, 0.3) is 0 Å². The first-order valence-electron chi connectivity index (χ1n) is 5.57. The van der Waals surface area contributed by atoms with Gasteiger partial charge in [-0.15, -0.1) is 0 Å². The Labute approximate surface area is 108 Å². The highest BCUT2D eigenvalue weighted by molar-refractivity contribution is 5.96. The largest absolute Gasteiger partial charge is 0.507 e. The van der Waals surface area contributed by atoms with E-state index in [1.165, 1.54) is 18.2 Å². The van der Waals surface area contributed by atoms with E-state index in [9.17, 15) is 18.7 Å². The van der Waals surface area contributed by atoms with E-state index in [1.54, 1.807) is 6.07 Å². The number of benzene rings is 2. The van der Waals surface area contributed by atoms with Crippen LogP contribution in [0.15, 0.2) is 42.5 Å². The molecule has 0 saturated carbocycles. The van der Waals surface area contributed by atoms with Crippen molar-refractivity contribution < 1.29 is 18.7 Å². The van der Waals surface area contributed by atoms with Crippen LogP contribution in [0.3, 0.4) is 0 Å². The molecule has 2 aromatic carbocycles. The van der Waals surface area contributed by atoms with Gasteiger partial charge in [0.2, 0.25) is 0 Å². The minimum atomic E-state index is -0.624. The summed E-state index contributed by atoms with van der Waals surface area (Å²) in [6.07, 6.45) is 0. The van der Waals surface area contributed by atoms with Crippen LogP contribution in [-0.2, 0) is 6.54 Å². The molecule has 0 aliphatic carbocycles. The molecule has 0 radical (unpaired) electrons. The SMILES string of the molecule is O=C(NCc1cccc(F)c1)c1cc(F)ccc1O. The van der Waals surface area contributed by atoms with E-state index in [1.807, 2.05) is 0 Å². The number of rotatable bonds is 3. The van der Waals surface area contributed by atoms with E-state index in [4.69, 9.17) is 0 Å².